The molecule has 0 fully saturated rings. The monoisotopic (exact) mass is 572 g/mol. The summed E-state index contributed by atoms with van der Waals surface area (Å²) in [5, 5.41) is 3.70. The van der Waals surface area contributed by atoms with Crippen molar-refractivity contribution < 1.29 is 9.59 Å². The Balaban J connectivity index is 1.84. The molecular formula is C28H30BrClN2O2S. The lowest BCUT2D eigenvalue weighted by Gasteiger charge is -2.32. The maximum Gasteiger partial charge on any atom is 0.243 e. The number of hydrogen-bond acceptors (Lipinski definition) is 3. The third-order valence-electron chi connectivity index (χ3n) is 5.35. The minimum Gasteiger partial charge on any atom is -0.352 e. The highest BCUT2D eigenvalue weighted by Crippen LogP contribution is 2.21. The molecule has 3 aromatic carbocycles. The van der Waals surface area contributed by atoms with Crippen LogP contribution in [0.15, 0.2) is 83.3 Å². The number of carbonyl (C=O) groups is 2. The standard InChI is InChI=1S/C28H30BrClN2O2S/c1-20(2)31-28(34)26(16-21-7-4-3-5-8-21)32(17-22-11-13-24(29)14-12-22)27(33)19-35-18-23-9-6-10-25(30)15-23/h3-15,20,26H,16-19H2,1-2H3,(H,31,34)/t26-/m1/s1. The molecule has 1 N–H and O–H groups in total. The van der Waals surface area contributed by atoms with Crippen LogP contribution in [0.1, 0.15) is 30.5 Å². The van der Waals surface area contributed by atoms with Crippen LogP contribution in [0.3, 0.4) is 0 Å². The molecule has 0 spiro atoms. The molecule has 0 aromatic heterocycles. The van der Waals surface area contributed by atoms with E-state index in [0.717, 1.165) is 21.2 Å². The number of thioether (sulfide) groups is 1. The Hall–Kier alpha value is -2.28. The number of nitrogens with one attached hydrogen (secondary N) is 1. The zero-order chi connectivity index (χ0) is 25.2. The predicted molar refractivity (Wildman–Crippen MR) is 150 cm³/mol. The molecule has 35 heavy (non-hydrogen) atoms. The van der Waals surface area contributed by atoms with Crippen molar-refractivity contribution in [3.8, 4) is 0 Å². The van der Waals surface area contributed by atoms with E-state index in [2.05, 4.69) is 21.2 Å². The zero-order valence-corrected chi connectivity index (χ0v) is 23.1. The average molecular weight is 574 g/mol. The summed E-state index contributed by atoms with van der Waals surface area (Å²) >= 11 is 11.1. The molecule has 1 atom stereocenters. The van der Waals surface area contributed by atoms with Gasteiger partial charge in [-0.2, -0.15) is 0 Å². The molecule has 7 heteroatoms. The van der Waals surface area contributed by atoms with Crippen LogP contribution < -0.4 is 5.32 Å². The molecule has 0 saturated carbocycles. The van der Waals surface area contributed by atoms with Crippen molar-refractivity contribution in [3.63, 3.8) is 0 Å². The number of hydrogen-bond donors (Lipinski definition) is 1. The first kappa shape index (κ1) is 27.3. The quantitative estimate of drug-likeness (QED) is 0.285. The number of rotatable bonds is 11. The SMILES string of the molecule is CC(C)NC(=O)[C@@H](Cc1ccccc1)N(Cc1ccc(Br)cc1)C(=O)CSCc1cccc(Cl)c1. The maximum atomic E-state index is 13.6. The van der Waals surface area contributed by atoms with Crippen LogP contribution in [0.4, 0.5) is 0 Å². The van der Waals surface area contributed by atoms with Gasteiger partial charge in [0.15, 0.2) is 0 Å². The second-order valence-corrected chi connectivity index (χ2v) is 11.0. The van der Waals surface area contributed by atoms with Gasteiger partial charge in [0.1, 0.15) is 6.04 Å². The van der Waals surface area contributed by atoms with E-state index in [-0.39, 0.29) is 23.6 Å². The number of carbonyl (C=O) groups excluding carboxylic acids is 2. The van der Waals surface area contributed by atoms with Crippen molar-refractivity contribution in [2.45, 2.75) is 44.6 Å². The minimum atomic E-state index is -0.622. The van der Waals surface area contributed by atoms with Gasteiger partial charge in [-0.25, -0.2) is 0 Å². The highest BCUT2D eigenvalue weighted by atomic mass is 79.9. The first-order valence-electron chi connectivity index (χ1n) is 11.5. The van der Waals surface area contributed by atoms with Crippen molar-refractivity contribution in [1.82, 2.24) is 10.2 Å². The van der Waals surface area contributed by atoms with Gasteiger partial charge in [0.25, 0.3) is 0 Å². The van der Waals surface area contributed by atoms with Crippen LogP contribution in [0, 0.1) is 0 Å². The number of nitrogens with zero attached hydrogens (tertiary/aromatic N) is 1. The summed E-state index contributed by atoms with van der Waals surface area (Å²) in [5.74, 6) is 0.720. The largest absolute Gasteiger partial charge is 0.352 e. The van der Waals surface area contributed by atoms with Gasteiger partial charge in [-0.05, 0) is 54.8 Å². The Morgan fingerprint density at radius 3 is 2.29 bits per heavy atom. The fraction of sp³-hybridized carbons (Fsp3) is 0.286. The Bertz CT molecular complexity index is 1110. The fourth-order valence-corrected chi connectivity index (χ4v) is 5.02. The first-order chi connectivity index (χ1) is 16.8. The molecule has 3 rings (SSSR count). The van der Waals surface area contributed by atoms with Crippen molar-refractivity contribution in [1.29, 1.82) is 0 Å². The van der Waals surface area contributed by atoms with Gasteiger partial charge in [0, 0.05) is 34.3 Å². The maximum absolute atomic E-state index is 13.6. The van der Waals surface area contributed by atoms with Gasteiger partial charge in [-0.1, -0.05) is 82.1 Å². The third kappa shape index (κ3) is 9.02. The lowest BCUT2D eigenvalue weighted by Crippen LogP contribution is -2.52. The first-order valence-corrected chi connectivity index (χ1v) is 13.8. The van der Waals surface area contributed by atoms with E-state index < -0.39 is 6.04 Å². The normalized spacial score (nSPS) is 11.8. The summed E-state index contributed by atoms with van der Waals surface area (Å²) in [6, 6.07) is 24.7. The lowest BCUT2D eigenvalue weighted by molar-refractivity contribution is -0.139. The van der Waals surface area contributed by atoms with Crippen LogP contribution in [-0.2, 0) is 28.3 Å². The van der Waals surface area contributed by atoms with E-state index in [1.54, 1.807) is 4.90 Å². The highest BCUT2D eigenvalue weighted by Gasteiger charge is 2.30. The molecule has 3 aromatic rings. The second kappa shape index (κ2) is 13.7. The second-order valence-electron chi connectivity index (χ2n) is 8.64. The van der Waals surface area contributed by atoms with Crippen LogP contribution >= 0.6 is 39.3 Å². The Morgan fingerprint density at radius 1 is 0.943 bits per heavy atom. The lowest BCUT2D eigenvalue weighted by atomic mass is 10.0. The summed E-state index contributed by atoms with van der Waals surface area (Å²) in [4.78, 5) is 28.7. The van der Waals surface area contributed by atoms with Crippen LogP contribution in [0.25, 0.3) is 0 Å². The Labute approximate surface area is 225 Å². The van der Waals surface area contributed by atoms with Crippen molar-refractivity contribution in [3.05, 3.63) is 105 Å². The van der Waals surface area contributed by atoms with E-state index in [9.17, 15) is 9.59 Å². The molecule has 184 valence electrons. The molecule has 0 aliphatic carbocycles. The molecule has 4 nitrogen and oxygen atoms in total. The molecule has 0 radical (unpaired) electrons. The van der Waals surface area contributed by atoms with E-state index in [1.165, 1.54) is 11.8 Å². The summed E-state index contributed by atoms with van der Waals surface area (Å²) < 4.78 is 0.967. The molecule has 0 saturated heterocycles. The summed E-state index contributed by atoms with van der Waals surface area (Å²) in [6.07, 6.45) is 0.445. The van der Waals surface area contributed by atoms with Crippen molar-refractivity contribution in [2.24, 2.45) is 0 Å². The zero-order valence-electron chi connectivity index (χ0n) is 19.9. The molecule has 0 bridgehead atoms. The summed E-state index contributed by atoms with van der Waals surface area (Å²) in [7, 11) is 0. The average Bonchev–Trinajstić information content (AvgIpc) is 2.82. The van der Waals surface area contributed by atoms with Gasteiger partial charge in [0.05, 0.1) is 5.75 Å². The van der Waals surface area contributed by atoms with E-state index >= 15 is 0 Å². The van der Waals surface area contributed by atoms with Gasteiger partial charge in [-0.3, -0.25) is 9.59 Å². The Morgan fingerprint density at radius 2 is 1.63 bits per heavy atom. The Kier molecular flexibility index (Phi) is 10.7. The van der Waals surface area contributed by atoms with Crippen molar-refractivity contribution >= 4 is 51.1 Å². The molecule has 0 aliphatic heterocycles. The molecule has 0 unspecified atom stereocenters. The highest BCUT2D eigenvalue weighted by molar-refractivity contribution is 9.10. The molecule has 0 aliphatic rings. The van der Waals surface area contributed by atoms with E-state index in [1.807, 2.05) is 92.7 Å². The predicted octanol–water partition coefficient (Wildman–Crippen LogP) is 6.50. The van der Waals surface area contributed by atoms with Gasteiger partial charge >= 0.3 is 0 Å². The molecular weight excluding hydrogens is 544 g/mol. The number of benzene rings is 3. The molecule has 2 amide bonds. The smallest absolute Gasteiger partial charge is 0.243 e. The van der Waals surface area contributed by atoms with Crippen LogP contribution in [0.2, 0.25) is 5.02 Å². The van der Waals surface area contributed by atoms with Gasteiger partial charge in [0.2, 0.25) is 11.8 Å². The molecule has 0 heterocycles. The van der Waals surface area contributed by atoms with Crippen molar-refractivity contribution in [2.75, 3.05) is 5.75 Å². The van der Waals surface area contributed by atoms with E-state index in [4.69, 9.17) is 11.6 Å². The summed E-state index contributed by atoms with van der Waals surface area (Å²) in [6.45, 7) is 4.21. The number of amides is 2. The van der Waals surface area contributed by atoms with E-state index in [0.29, 0.717) is 23.7 Å². The minimum absolute atomic E-state index is 0.0254. The topological polar surface area (TPSA) is 49.4 Å². The van der Waals surface area contributed by atoms with Crippen LogP contribution in [0.5, 0.6) is 0 Å². The van der Waals surface area contributed by atoms with Gasteiger partial charge in [-0.15, -0.1) is 11.8 Å². The summed E-state index contributed by atoms with van der Waals surface area (Å²) in [5.41, 5.74) is 3.04. The van der Waals surface area contributed by atoms with Gasteiger partial charge < -0.3 is 10.2 Å². The fourth-order valence-electron chi connectivity index (χ4n) is 3.69. The van der Waals surface area contributed by atoms with Crippen LogP contribution in [-0.4, -0.2) is 34.6 Å². The number of halogens is 2. The third-order valence-corrected chi connectivity index (χ3v) is 7.10.